The van der Waals surface area contributed by atoms with Crippen molar-refractivity contribution in [2.75, 3.05) is 12.8 Å². The topological polar surface area (TPSA) is 68.9 Å². The van der Waals surface area contributed by atoms with Gasteiger partial charge in [-0.05, 0) is 30.8 Å². The van der Waals surface area contributed by atoms with Crippen LogP contribution in [0, 0.1) is 11.7 Å². The molecule has 1 aromatic heterocycles. The first-order valence-electron chi connectivity index (χ1n) is 4.82. The van der Waals surface area contributed by atoms with E-state index in [1.807, 2.05) is 13.0 Å². The summed E-state index contributed by atoms with van der Waals surface area (Å²) in [6, 6.07) is 3.57. The van der Waals surface area contributed by atoms with Gasteiger partial charge >= 0.3 is 0 Å². The number of aryl methyl sites for hydroxylation is 1. The molecule has 0 aliphatic carbocycles. The van der Waals surface area contributed by atoms with Gasteiger partial charge in [0.05, 0.1) is 12.8 Å². The van der Waals surface area contributed by atoms with Crippen molar-refractivity contribution in [1.82, 2.24) is 14.8 Å². The molecular formula is C10H11ClN4OS. The number of nitrogens with two attached hydrogens (primary N) is 1. The van der Waals surface area contributed by atoms with Gasteiger partial charge in [-0.15, -0.1) is 5.10 Å². The lowest BCUT2D eigenvalue weighted by Crippen LogP contribution is -2.03. The number of hydrogen-bond acceptors (Lipinski definition) is 4. The minimum absolute atomic E-state index is 0.273. The van der Waals surface area contributed by atoms with Crippen LogP contribution in [0.15, 0.2) is 12.1 Å². The molecule has 17 heavy (non-hydrogen) atoms. The number of rotatable bonds is 2. The number of hydrogen-bond donors (Lipinski definition) is 2. The highest BCUT2D eigenvalue weighted by Gasteiger charge is 2.12. The van der Waals surface area contributed by atoms with Crippen molar-refractivity contribution >= 4 is 29.8 Å². The Morgan fingerprint density at radius 1 is 1.53 bits per heavy atom. The molecule has 7 heteroatoms. The molecule has 1 aromatic carbocycles. The smallest absolute Gasteiger partial charge is 0.225 e. The Bertz CT molecular complexity index is 619. The summed E-state index contributed by atoms with van der Waals surface area (Å²) in [5.74, 6) is 0.861. The van der Waals surface area contributed by atoms with Crippen LogP contribution in [0.5, 0.6) is 5.75 Å². The normalized spacial score (nSPS) is 10.5. The summed E-state index contributed by atoms with van der Waals surface area (Å²) in [6.07, 6.45) is 0. The monoisotopic (exact) mass is 270 g/mol. The zero-order valence-electron chi connectivity index (χ0n) is 9.32. The van der Waals surface area contributed by atoms with E-state index in [-0.39, 0.29) is 5.95 Å². The molecule has 2 rings (SSSR count). The van der Waals surface area contributed by atoms with Crippen LogP contribution in [-0.2, 0) is 0 Å². The molecule has 90 valence electrons. The number of H-pyrrole nitrogens is 1. The van der Waals surface area contributed by atoms with Gasteiger partial charge in [-0.25, -0.2) is 5.10 Å². The second kappa shape index (κ2) is 4.38. The predicted molar refractivity (Wildman–Crippen MR) is 69.5 cm³/mol. The lowest BCUT2D eigenvalue weighted by atomic mass is 10.2. The third-order valence-electron chi connectivity index (χ3n) is 2.40. The van der Waals surface area contributed by atoms with Crippen molar-refractivity contribution in [3.05, 3.63) is 27.5 Å². The summed E-state index contributed by atoms with van der Waals surface area (Å²) in [5.41, 5.74) is 7.37. The maximum atomic E-state index is 6.04. The van der Waals surface area contributed by atoms with E-state index in [0.717, 1.165) is 5.56 Å². The maximum Gasteiger partial charge on any atom is 0.225 e. The molecule has 5 nitrogen and oxygen atoms in total. The second-order valence-electron chi connectivity index (χ2n) is 3.50. The van der Waals surface area contributed by atoms with E-state index in [4.69, 9.17) is 34.3 Å². The zero-order chi connectivity index (χ0) is 12.6. The second-order valence-corrected chi connectivity index (χ2v) is 4.29. The summed E-state index contributed by atoms with van der Waals surface area (Å²) >= 11 is 11.2. The van der Waals surface area contributed by atoms with Crippen LogP contribution >= 0.6 is 23.8 Å². The van der Waals surface area contributed by atoms with Gasteiger partial charge in [0.1, 0.15) is 5.75 Å². The molecule has 0 amide bonds. The summed E-state index contributed by atoms with van der Waals surface area (Å²) in [5, 5.41) is 7.10. The molecule has 1 heterocycles. The molecular weight excluding hydrogens is 260 g/mol. The van der Waals surface area contributed by atoms with Crippen molar-refractivity contribution in [3.63, 3.8) is 0 Å². The number of aromatic nitrogens is 3. The number of methoxy groups -OCH3 is 1. The number of nitrogens with one attached hydrogen (secondary N) is 1. The highest BCUT2D eigenvalue weighted by atomic mass is 35.5. The molecule has 0 radical (unpaired) electrons. The van der Waals surface area contributed by atoms with Gasteiger partial charge in [-0.2, -0.15) is 0 Å². The molecule has 0 bridgehead atoms. The van der Waals surface area contributed by atoms with Gasteiger partial charge in [-0.1, -0.05) is 11.6 Å². The SMILES string of the molecule is COc1cc(Cl)c(C)cc1-n1c(N)n[nH]c1=S. The van der Waals surface area contributed by atoms with Crippen LogP contribution in [0.2, 0.25) is 5.02 Å². The van der Waals surface area contributed by atoms with Gasteiger partial charge < -0.3 is 10.5 Å². The van der Waals surface area contributed by atoms with Crippen LogP contribution in [0.3, 0.4) is 0 Å². The Morgan fingerprint density at radius 2 is 2.24 bits per heavy atom. The molecule has 0 fully saturated rings. The fourth-order valence-electron chi connectivity index (χ4n) is 1.53. The number of benzene rings is 1. The molecule has 0 aliphatic heterocycles. The van der Waals surface area contributed by atoms with E-state index in [9.17, 15) is 0 Å². The molecule has 3 N–H and O–H groups in total. The first-order chi connectivity index (χ1) is 8.04. The van der Waals surface area contributed by atoms with Gasteiger partial charge in [0, 0.05) is 11.1 Å². The number of aromatic amines is 1. The Balaban J connectivity index is 2.75. The molecule has 0 saturated carbocycles. The summed E-state index contributed by atoms with van der Waals surface area (Å²) in [4.78, 5) is 0. The van der Waals surface area contributed by atoms with Crippen LogP contribution in [0.1, 0.15) is 5.56 Å². The fraction of sp³-hybridized carbons (Fsp3) is 0.200. The number of anilines is 1. The zero-order valence-corrected chi connectivity index (χ0v) is 10.9. The molecule has 0 atom stereocenters. The number of ether oxygens (including phenoxy) is 1. The van der Waals surface area contributed by atoms with Gasteiger partial charge in [-0.3, -0.25) is 4.57 Å². The van der Waals surface area contributed by atoms with Crippen molar-refractivity contribution in [2.24, 2.45) is 0 Å². The first-order valence-corrected chi connectivity index (χ1v) is 5.60. The van der Waals surface area contributed by atoms with Gasteiger partial charge in [0.15, 0.2) is 0 Å². The van der Waals surface area contributed by atoms with Crippen LogP contribution in [0.25, 0.3) is 5.69 Å². The molecule has 2 aromatic rings. The third kappa shape index (κ3) is 2.01. The Hall–Kier alpha value is -1.53. The molecule has 0 aliphatic rings. The highest BCUT2D eigenvalue weighted by molar-refractivity contribution is 7.71. The summed E-state index contributed by atoms with van der Waals surface area (Å²) < 4.78 is 7.27. The van der Waals surface area contributed by atoms with E-state index in [2.05, 4.69) is 10.2 Å². The van der Waals surface area contributed by atoms with Gasteiger partial charge in [0.2, 0.25) is 10.7 Å². The fourth-order valence-corrected chi connectivity index (χ4v) is 1.92. The van der Waals surface area contributed by atoms with E-state index in [1.54, 1.807) is 17.7 Å². The van der Waals surface area contributed by atoms with E-state index >= 15 is 0 Å². The predicted octanol–water partition coefficient (Wildman–Crippen LogP) is 2.48. The number of halogens is 1. The Morgan fingerprint density at radius 3 is 2.76 bits per heavy atom. The lowest BCUT2D eigenvalue weighted by molar-refractivity contribution is 0.413. The lowest BCUT2D eigenvalue weighted by Gasteiger charge is -2.11. The average molecular weight is 271 g/mol. The quantitative estimate of drug-likeness (QED) is 0.823. The summed E-state index contributed by atoms with van der Waals surface area (Å²) in [6.45, 7) is 1.89. The summed E-state index contributed by atoms with van der Waals surface area (Å²) in [7, 11) is 1.56. The Labute approximate surface area is 108 Å². The largest absolute Gasteiger partial charge is 0.495 e. The maximum absolute atomic E-state index is 6.04. The van der Waals surface area contributed by atoms with E-state index in [0.29, 0.717) is 21.2 Å². The number of nitrogen functional groups attached to an aromatic ring is 1. The highest BCUT2D eigenvalue weighted by Crippen LogP contribution is 2.30. The third-order valence-corrected chi connectivity index (χ3v) is 3.08. The van der Waals surface area contributed by atoms with Crippen LogP contribution in [0.4, 0.5) is 5.95 Å². The average Bonchev–Trinajstić information content (AvgIpc) is 2.62. The van der Waals surface area contributed by atoms with E-state index in [1.165, 1.54) is 0 Å². The van der Waals surface area contributed by atoms with Crippen molar-refractivity contribution < 1.29 is 4.74 Å². The minimum Gasteiger partial charge on any atom is -0.495 e. The van der Waals surface area contributed by atoms with Crippen molar-refractivity contribution in [1.29, 1.82) is 0 Å². The standard InChI is InChI=1S/C10H11ClN4OS/c1-5-3-7(8(16-2)4-6(5)11)15-9(12)13-14-10(15)17/h3-4H,1-2H3,(H2,12,13)(H,14,17). The van der Waals surface area contributed by atoms with Crippen molar-refractivity contribution in [2.45, 2.75) is 6.92 Å². The Kier molecular flexibility index (Phi) is 3.08. The molecule has 0 unspecified atom stereocenters. The molecule has 0 spiro atoms. The molecule has 0 saturated heterocycles. The first kappa shape index (κ1) is 11.9. The number of nitrogens with zero attached hydrogens (tertiary/aromatic N) is 2. The van der Waals surface area contributed by atoms with Gasteiger partial charge in [0.25, 0.3) is 0 Å². The van der Waals surface area contributed by atoms with Crippen LogP contribution in [-0.4, -0.2) is 21.9 Å². The van der Waals surface area contributed by atoms with E-state index < -0.39 is 0 Å². The minimum atomic E-state index is 0.273. The van der Waals surface area contributed by atoms with Crippen molar-refractivity contribution in [3.8, 4) is 11.4 Å². The van der Waals surface area contributed by atoms with Crippen LogP contribution < -0.4 is 10.5 Å².